The van der Waals surface area contributed by atoms with Crippen LogP contribution in [0.5, 0.6) is 0 Å². The maximum absolute atomic E-state index is 12.8. The molecular formula is C23H32N2O5. The van der Waals surface area contributed by atoms with Gasteiger partial charge in [-0.25, -0.2) is 4.79 Å². The predicted octanol–water partition coefficient (Wildman–Crippen LogP) is 2.72. The van der Waals surface area contributed by atoms with Gasteiger partial charge in [0.05, 0.1) is 6.04 Å². The summed E-state index contributed by atoms with van der Waals surface area (Å²) >= 11 is 0. The number of carboxylic acid groups (broad SMARTS) is 1. The minimum absolute atomic E-state index is 0.0194. The van der Waals surface area contributed by atoms with Crippen LogP contribution in [-0.4, -0.2) is 52.2 Å². The van der Waals surface area contributed by atoms with Gasteiger partial charge in [-0.15, -0.1) is 0 Å². The van der Waals surface area contributed by atoms with Crippen molar-refractivity contribution < 1.29 is 24.3 Å². The number of unbranched alkanes of at least 4 members (excludes halogenated alkanes) is 2. The molecule has 1 aliphatic rings. The SMILES string of the molecule is CCCCCC(=O)N[C@@H](Cc1ccccc1)C(=O)CCC(=O)N1CCCC1C(=O)O. The molecule has 1 aromatic carbocycles. The summed E-state index contributed by atoms with van der Waals surface area (Å²) in [4.78, 5) is 50.2. The number of likely N-dealkylation sites (tertiary alicyclic amines) is 1. The first-order chi connectivity index (χ1) is 14.4. The average molecular weight is 417 g/mol. The molecule has 2 rings (SSSR count). The summed E-state index contributed by atoms with van der Waals surface area (Å²) < 4.78 is 0. The fourth-order valence-electron chi connectivity index (χ4n) is 3.77. The average Bonchev–Trinajstić information content (AvgIpc) is 3.22. The van der Waals surface area contributed by atoms with E-state index in [0.29, 0.717) is 32.2 Å². The van der Waals surface area contributed by atoms with Gasteiger partial charge in [-0.2, -0.15) is 0 Å². The molecule has 2 amide bonds. The van der Waals surface area contributed by atoms with E-state index in [0.717, 1.165) is 24.8 Å². The summed E-state index contributed by atoms with van der Waals surface area (Å²) in [6.07, 6.45) is 4.52. The highest BCUT2D eigenvalue weighted by molar-refractivity contribution is 5.92. The van der Waals surface area contributed by atoms with E-state index in [1.54, 1.807) is 0 Å². The molecule has 1 aliphatic heterocycles. The molecule has 0 aromatic heterocycles. The largest absolute Gasteiger partial charge is 0.480 e. The third-order valence-electron chi connectivity index (χ3n) is 5.46. The number of carbonyl (C=O) groups excluding carboxylic acids is 3. The molecular weight excluding hydrogens is 384 g/mol. The van der Waals surface area contributed by atoms with Crippen molar-refractivity contribution in [1.82, 2.24) is 10.2 Å². The molecule has 164 valence electrons. The first kappa shape index (κ1) is 23.6. The van der Waals surface area contributed by atoms with Gasteiger partial charge in [0.2, 0.25) is 11.8 Å². The van der Waals surface area contributed by atoms with Gasteiger partial charge in [0.1, 0.15) is 6.04 Å². The standard InChI is InChI=1S/C23H32N2O5/c1-2-3-5-12-21(27)24-18(16-17-9-6-4-7-10-17)20(26)13-14-22(28)25-15-8-11-19(25)23(29)30/h4,6-7,9-10,18-19H,2-3,5,8,11-16H2,1H3,(H,24,27)(H,29,30)/t18-,19?/m0/s1. The number of benzene rings is 1. The molecule has 1 saturated heterocycles. The van der Waals surface area contributed by atoms with Crippen molar-refractivity contribution in [1.29, 1.82) is 0 Å². The van der Waals surface area contributed by atoms with E-state index in [-0.39, 0.29) is 30.4 Å². The van der Waals surface area contributed by atoms with Crippen LogP contribution in [-0.2, 0) is 25.6 Å². The number of hydrogen-bond donors (Lipinski definition) is 2. The van der Waals surface area contributed by atoms with E-state index in [1.165, 1.54) is 4.90 Å². The van der Waals surface area contributed by atoms with Crippen LogP contribution >= 0.6 is 0 Å². The zero-order valence-electron chi connectivity index (χ0n) is 17.6. The Morgan fingerprint density at radius 2 is 1.83 bits per heavy atom. The number of rotatable bonds is 12. The van der Waals surface area contributed by atoms with Crippen LogP contribution in [0.1, 0.15) is 63.9 Å². The molecule has 0 saturated carbocycles. The zero-order valence-corrected chi connectivity index (χ0v) is 17.6. The number of amides is 2. The van der Waals surface area contributed by atoms with Crippen molar-refractivity contribution in [3.05, 3.63) is 35.9 Å². The molecule has 7 heteroatoms. The molecule has 0 radical (unpaired) electrons. The number of carboxylic acids is 1. The number of Topliss-reactive ketones (excluding diaryl/α,β-unsaturated/α-hetero) is 1. The van der Waals surface area contributed by atoms with Crippen molar-refractivity contribution in [2.45, 2.75) is 76.8 Å². The van der Waals surface area contributed by atoms with Gasteiger partial charge in [-0.05, 0) is 31.2 Å². The quantitative estimate of drug-likeness (QED) is 0.510. The van der Waals surface area contributed by atoms with Gasteiger partial charge in [0.25, 0.3) is 0 Å². The van der Waals surface area contributed by atoms with E-state index >= 15 is 0 Å². The lowest BCUT2D eigenvalue weighted by Gasteiger charge is -2.22. The van der Waals surface area contributed by atoms with E-state index in [9.17, 15) is 24.3 Å². The minimum Gasteiger partial charge on any atom is -0.480 e. The van der Waals surface area contributed by atoms with Crippen molar-refractivity contribution >= 4 is 23.6 Å². The Bertz CT molecular complexity index is 734. The second-order valence-electron chi connectivity index (χ2n) is 7.82. The van der Waals surface area contributed by atoms with Crippen LogP contribution in [0.2, 0.25) is 0 Å². The minimum atomic E-state index is -1.01. The smallest absolute Gasteiger partial charge is 0.326 e. The maximum atomic E-state index is 12.8. The summed E-state index contributed by atoms with van der Waals surface area (Å²) in [6.45, 7) is 2.47. The van der Waals surface area contributed by atoms with Crippen LogP contribution in [0.15, 0.2) is 30.3 Å². The maximum Gasteiger partial charge on any atom is 0.326 e. The zero-order chi connectivity index (χ0) is 21.9. The Labute approximate surface area is 177 Å². The van der Waals surface area contributed by atoms with Crippen molar-refractivity contribution in [3.63, 3.8) is 0 Å². The third kappa shape index (κ3) is 7.28. The summed E-state index contributed by atoms with van der Waals surface area (Å²) in [6, 6.07) is 7.95. The van der Waals surface area contributed by atoms with Crippen LogP contribution in [0.4, 0.5) is 0 Å². The van der Waals surface area contributed by atoms with Gasteiger partial charge in [0.15, 0.2) is 5.78 Å². The summed E-state index contributed by atoms with van der Waals surface area (Å²) in [5.41, 5.74) is 0.932. The molecule has 0 aliphatic carbocycles. The number of carbonyl (C=O) groups is 4. The van der Waals surface area contributed by atoms with Gasteiger partial charge in [-0.3, -0.25) is 14.4 Å². The second-order valence-corrected chi connectivity index (χ2v) is 7.82. The number of nitrogens with one attached hydrogen (secondary N) is 1. The lowest BCUT2D eigenvalue weighted by molar-refractivity contribution is -0.148. The Kier molecular flexibility index (Phi) is 9.51. The van der Waals surface area contributed by atoms with Crippen molar-refractivity contribution in [2.24, 2.45) is 0 Å². The Hall–Kier alpha value is -2.70. The first-order valence-electron chi connectivity index (χ1n) is 10.8. The van der Waals surface area contributed by atoms with Crippen LogP contribution in [0.3, 0.4) is 0 Å². The fraction of sp³-hybridized carbons (Fsp3) is 0.565. The van der Waals surface area contributed by atoms with Gasteiger partial charge in [-0.1, -0.05) is 50.1 Å². The monoisotopic (exact) mass is 416 g/mol. The van der Waals surface area contributed by atoms with Gasteiger partial charge >= 0.3 is 5.97 Å². The topological polar surface area (TPSA) is 104 Å². The van der Waals surface area contributed by atoms with Crippen LogP contribution < -0.4 is 5.32 Å². The Morgan fingerprint density at radius 1 is 1.10 bits per heavy atom. The molecule has 1 fully saturated rings. The Morgan fingerprint density at radius 3 is 2.50 bits per heavy atom. The number of hydrogen-bond acceptors (Lipinski definition) is 4. The highest BCUT2D eigenvalue weighted by Gasteiger charge is 2.34. The first-order valence-corrected chi connectivity index (χ1v) is 10.8. The molecule has 1 aromatic rings. The molecule has 1 heterocycles. The molecule has 0 bridgehead atoms. The van der Waals surface area contributed by atoms with E-state index in [1.807, 2.05) is 30.3 Å². The van der Waals surface area contributed by atoms with Crippen molar-refractivity contribution in [3.8, 4) is 0 Å². The molecule has 2 atom stereocenters. The summed E-state index contributed by atoms with van der Waals surface area (Å²) in [7, 11) is 0. The lowest BCUT2D eigenvalue weighted by atomic mass is 9.99. The number of aliphatic carboxylic acids is 1. The summed E-state index contributed by atoms with van der Waals surface area (Å²) in [5, 5.41) is 12.1. The predicted molar refractivity (Wildman–Crippen MR) is 113 cm³/mol. The van der Waals surface area contributed by atoms with Gasteiger partial charge in [0, 0.05) is 25.8 Å². The molecule has 7 nitrogen and oxygen atoms in total. The molecule has 2 N–H and O–H groups in total. The van der Waals surface area contributed by atoms with E-state index in [4.69, 9.17) is 0 Å². The number of nitrogens with zero attached hydrogens (tertiary/aromatic N) is 1. The highest BCUT2D eigenvalue weighted by Crippen LogP contribution is 2.19. The second kappa shape index (κ2) is 12.1. The summed E-state index contributed by atoms with van der Waals surface area (Å²) in [5.74, 6) is -1.69. The normalized spacial score (nSPS) is 16.8. The van der Waals surface area contributed by atoms with Crippen LogP contribution in [0.25, 0.3) is 0 Å². The Balaban J connectivity index is 1.96. The molecule has 30 heavy (non-hydrogen) atoms. The third-order valence-corrected chi connectivity index (χ3v) is 5.46. The van der Waals surface area contributed by atoms with E-state index in [2.05, 4.69) is 12.2 Å². The van der Waals surface area contributed by atoms with Crippen molar-refractivity contribution in [2.75, 3.05) is 6.54 Å². The highest BCUT2D eigenvalue weighted by atomic mass is 16.4. The molecule has 1 unspecified atom stereocenters. The van der Waals surface area contributed by atoms with Crippen LogP contribution in [0, 0.1) is 0 Å². The number of ketones is 1. The fourth-order valence-corrected chi connectivity index (χ4v) is 3.77. The van der Waals surface area contributed by atoms with E-state index < -0.39 is 18.1 Å². The van der Waals surface area contributed by atoms with Gasteiger partial charge < -0.3 is 15.3 Å². The molecule has 0 spiro atoms. The lowest BCUT2D eigenvalue weighted by Crippen LogP contribution is -2.43.